The molecule has 4 N–H and O–H groups in total. The molecule has 0 spiro atoms. The summed E-state index contributed by atoms with van der Waals surface area (Å²) in [6.07, 6.45) is 10.5. The van der Waals surface area contributed by atoms with Crippen LogP contribution in [0.25, 0.3) is 0 Å². The summed E-state index contributed by atoms with van der Waals surface area (Å²) in [7, 11) is 0. The molecule has 128 valence electrons. The minimum absolute atomic E-state index is 0.926. The van der Waals surface area contributed by atoms with Crippen molar-refractivity contribution >= 4 is 0 Å². The molecule has 0 unspecified atom stereocenters. The van der Waals surface area contributed by atoms with E-state index in [4.69, 9.17) is 0 Å². The number of imidazole rings is 2. The van der Waals surface area contributed by atoms with E-state index in [-0.39, 0.29) is 0 Å². The van der Waals surface area contributed by atoms with Gasteiger partial charge in [0.1, 0.15) is 0 Å². The van der Waals surface area contributed by atoms with Crippen LogP contribution in [-0.2, 0) is 0 Å². The normalized spacial score (nSPS) is 8.83. The second-order valence-electron chi connectivity index (χ2n) is 4.93. The van der Waals surface area contributed by atoms with Crippen LogP contribution in [-0.4, -0.2) is 40.3 Å². The number of rotatable bonds is 0. The molecule has 0 aliphatic carbocycles. The molecule has 0 saturated heterocycles. The number of H-pyrrole nitrogens is 4. The number of nitrogens with one attached hydrogen (secondary N) is 4. The van der Waals surface area contributed by atoms with E-state index < -0.39 is 0 Å². The lowest BCUT2D eigenvalue weighted by Crippen LogP contribution is -1.66. The first kappa shape index (κ1) is 18.9. The fourth-order valence-corrected chi connectivity index (χ4v) is 1.33. The molecular formula is C16H24N8. The molecule has 0 radical (unpaired) electrons. The Morgan fingerprint density at radius 3 is 1.50 bits per heavy atom. The molecule has 24 heavy (non-hydrogen) atoms. The van der Waals surface area contributed by atoms with Gasteiger partial charge in [0.15, 0.2) is 0 Å². The van der Waals surface area contributed by atoms with Crippen LogP contribution in [0.2, 0.25) is 0 Å². The quantitative estimate of drug-likeness (QED) is 0.397. The third-order valence-electron chi connectivity index (χ3n) is 2.56. The Hall–Kier alpha value is -3.16. The first-order valence-electron chi connectivity index (χ1n) is 7.40. The van der Waals surface area contributed by atoms with Crippen molar-refractivity contribution < 1.29 is 0 Å². The first-order valence-corrected chi connectivity index (χ1v) is 7.40. The van der Waals surface area contributed by atoms with Crippen LogP contribution >= 0.6 is 0 Å². The number of aromatic nitrogens is 8. The van der Waals surface area contributed by atoms with Crippen LogP contribution in [0.15, 0.2) is 49.6 Å². The third kappa shape index (κ3) is 9.72. The fourth-order valence-electron chi connectivity index (χ4n) is 1.33. The molecule has 4 rings (SSSR count). The van der Waals surface area contributed by atoms with Crippen molar-refractivity contribution in [1.82, 2.24) is 40.3 Å². The van der Waals surface area contributed by atoms with Gasteiger partial charge in [-0.3, -0.25) is 0 Å². The average Bonchev–Trinajstić information content (AvgIpc) is 3.31. The summed E-state index contributed by atoms with van der Waals surface area (Å²) in [5.74, 6) is 0. The number of hydrogen-bond donors (Lipinski definition) is 4. The largest absolute Gasteiger partial charge is 0.365 e. The highest BCUT2D eigenvalue weighted by Crippen LogP contribution is 1.86. The summed E-state index contributed by atoms with van der Waals surface area (Å²) < 4.78 is 0. The molecule has 4 aromatic heterocycles. The molecule has 4 heterocycles. The monoisotopic (exact) mass is 328 g/mol. The van der Waals surface area contributed by atoms with E-state index in [0.29, 0.717) is 0 Å². The molecule has 0 aliphatic rings. The summed E-state index contributed by atoms with van der Waals surface area (Å²) in [4.78, 5) is 16.3. The zero-order valence-electron chi connectivity index (χ0n) is 14.4. The highest BCUT2D eigenvalue weighted by molar-refractivity contribution is 4.99. The SMILES string of the molecule is Cc1ccc[nH]1.Cc1cn[nH]n1.Cc1cnc[nH]1.Cc1cnc[nH]1. The van der Waals surface area contributed by atoms with E-state index in [1.165, 1.54) is 5.69 Å². The van der Waals surface area contributed by atoms with Crippen molar-refractivity contribution in [3.8, 4) is 0 Å². The zero-order chi connectivity index (χ0) is 17.6. The van der Waals surface area contributed by atoms with Gasteiger partial charge in [0, 0.05) is 35.7 Å². The smallest absolute Gasteiger partial charge is 0.0921 e. The molecule has 8 nitrogen and oxygen atoms in total. The summed E-state index contributed by atoms with van der Waals surface area (Å²) in [6, 6.07) is 4.01. The highest BCUT2D eigenvalue weighted by atomic mass is 15.3. The second kappa shape index (κ2) is 11.4. The number of nitrogens with zero attached hydrogens (tertiary/aromatic N) is 4. The van der Waals surface area contributed by atoms with Gasteiger partial charge in [-0.05, 0) is 39.8 Å². The van der Waals surface area contributed by atoms with Crippen molar-refractivity contribution in [2.45, 2.75) is 27.7 Å². The van der Waals surface area contributed by atoms with E-state index in [9.17, 15) is 0 Å². The van der Waals surface area contributed by atoms with E-state index in [0.717, 1.165) is 17.1 Å². The van der Waals surface area contributed by atoms with Crippen LogP contribution in [0.1, 0.15) is 22.8 Å². The third-order valence-corrected chi connectivity index (χ3v) is 2.56. The molecule has 0 atom stereocenters. The van der Waals surface area contributed by atoms with Gasteiger partial charge in [-0.15, -0.1) is 0 Å². The Morgan fingerprint density at radius 2 is 1.38 bits per heavy atom. The number of aromatic amines is 4. The van der Waals surface area contributed by atoms with Crippen LogP contribution in [0.3, 0.4) is 0 Å². The summed E-state index contributed by atoms with van der Waals surface area (Å²) in [5, 5.41) is 9.70. The van der Waals surface area contributed by atoms with Crippen molar-refractivity contribution in [2.24, 2.45) is 0 Å². The van der Waals surface area contributed by atoms with Gasteiger partial charge >= 0.3 is 0 Å². The molecule has 4 aromatic rings. The lowest BCUT2D eigenvalue weighted by atomic mass is 10.5. The van der Waals surface area contributed by atoms with Crippen molar-refractivity contribution in [3.05, 3.63) is 72.4 Å². The Bertz CT molecular complexity index is 565. The maximum Gasteiger partial charge on any atom is 0.0921 e. The van der Waals surface area contributed by atoms with Gasteiger partial charge in [0.05, 0.1) is 24.5 Å². The molecule has 0 aliphatic heterocycles. The summed E-state index contributed by atoms with van der Waals surface area (Å²) in [5.41, 5.74) is 4.36. The van der Waals surface area contributed by atoms with Gasteiger partial charge in [-0.25, -0.2) is 9.97 Å². The topological polar surface area (TPSA) is 115 Å². The minimum Gasteiger partial charge on any atom is -0.365 e. The van der Waals surface area contributed by atoms with Gasteiger partial charge in [-0.1, -0.05) is 0 Å². The second-order valence-corrected chi connectivity index (χ2v) is 4.93. The summed E-state index contributed by atoms with van der Waals surface area (Å²) >= 11 is 0. The number of aryl methyl sites for hydroxylation is 4. The van der Waals surface area contributed by atoms with Crippen molar-refractivity contribution in [2.75, 3.05) is 0 Å². The Kier molecular flexibility index (Phi) is 8.98. The van der Waals surface area contributed by atoms with E-state index in [1.807, 2.05) is 46.0 Å². The Morgan fingerprint density at radius 1 is 0.750 bits per heavy atom. The molecular weight excluding hydrogens is 304 g/mol. The van der Waals surface area contributed by atoms with E-state index in [2.05, 4.69) is 40.3 Å². The first-order chi connectivity index (χ1) is 11.6. The number of hydrogen-bond acceptors (Lipinski definition) is 4. The van der Waals surface area contributed by atoms with Crippen LogP contribution in [0.5, 0.6) is 0 Å². The molecule has 0 aromatic carbocycles. The lowest BCUT2D eigenvalue weighted by molar-refractivity contribution is 0.928. The molecule has 0 bridgehead atoms. The van der Waals surface area contributed by atoms with Crippen LogP contribution in [0, 0.1) is 27.7 Å². The minimum atomic E-state index is 0.926. The maximum atomic E-state index is 3.77. The molecule has 0 fully saturated rings. The maximum absolute atomic E-state index is 3.77. The van der Waals surface area contributed by atoms with E-state index in [1.54, 1.807) is 31.2 Å². The average molecular weight is 328 g/mol. The lowest BCUT2D eigenvalue weighted by Gasteiger charge is -1.70. The van der Waals surface area contributed by atoms with Crippen molar-refractivity contribution in [1.29, 1.82) is 0 Å². The van der Waals surface area contributed by atoms with Crippen LogP contribution in [0.4, 0.5) is 0 Å². The van der Waals surface area contributed by atoms with Gasteiger partial charge in [0.2, 0.25) is 0 Å². The predicted octanol–water partition coefficient (Wildman–Crippen LogP) is 2.87. The zero-order valence-corrected chi connectivity index (χ0v) is 14.4. The van der Waals surface area contributed by atoms with Crippen molar-refractivity contribution in [3.63, 3.8) is 0 Å². The standard InChI is InChI=1S/C5H7N.2C4H6N2.C3H5N3/c1-5-3-2-4-6-5;2*1-4-2-5-3-6-4;1-3-2-4-6-5-3/h2-4,6H,1H3;2*2-3H,1H3,(H,5,6);2H,1H3,(H,4,5,6). The molecule has 8 heteroatoms. The predicted molar refractivity (Wildman–Crippen MR) is 93.3 cm³/mol. The fraction of sp³-hybridized carbons (Fsp3) is 0.250. The highest BCUT2D eigenvalue weighted by Gasteiger charge is 1.76. The van der Waals surface area contributed by atoms with Gasteiger partial charge in [-0.2, -0.15) is 15.4 Å². The van der Waals surface area contributed by atoms with Gasteiger partial charge in [0.25, 0.3) is 0 Å². The van der Waals surface area contributed by atoms with Gasteiger partial charge < -0.3 is 15.0 Å². The van der Waals surface area contributed by atoms with E-state index >= 15 is 0 Å². The molecule has 0 saturated carbocycles. The Balaban J connectivity index is 0.000000160. The molecule has 0 amide bonds. The Labute approximate surface area is 141 Å². The van der Waals surface area contributed by atoms with Crippen LogP contribution < -0.4 is 0 Å². The summed E-state index contributed by atoms with van der Waals surface area (Å²) in [6.45, 7) is 7.84.